The molecule has 0 unspecified atom stereocenters. The number of carbonyl (C=O) groups excluding carboxylic acids is 1. The quantitative estimate of drug-likeness (QED) is 0.457. The first-order chi connectivity index (χ1) is 7.81. The van der Waals surface area contributed by atoms with Crippen molar-refractivity contribution in [3.63, 3.8) is 0 Å². The van der Waals surface area contributed by atoms with E-state index in [1.807, 2.05) is 37.3 Å². The summed E-state index contributed by atoms with van der Waals surface area (Å²) in [6.45, 7) is 2.46. The van der Waals surface area contributed by atoms with Crippen LogP contribution in [-0.4, -0.2) is 12.4 Å². The fourth-order valence-corrected chi connectivity index (χ4v) is 2.37. The maximum absolute atomic E-state index is 11.7. The van der Waals surface area contributed by atoms with Crippen molar-refractivity contribution in [3.05, 3.63) is 47.5 Å². The van der Waals surface area contributed by atoms with Crippen molar-refractivity contribution < 1.29 is 9.53 Å². The van der Waals surface area contributed by atoms with Gasteiger partial charge in [0.05, 0.1) is 17.7 Å². The van der Waals surface area contributed by atoms with Gasteiger partial charge in [0.15, 0.2) is 5.78 Å². The van der Waals surface area contributed by atoms with Crippen LogP contribution in [0.25, 0.3) is 10.1 Å². The summed E-state index contributed by atoms with van der Waals surface area (Å²) >= 11 is 1.51. The standard InChI is InChI=1S/C13H12O2S/c1-2-15-8-7-11(14)13-9-10-5-3-4-6-12(10)16-13/h3-9H,2H2,1H3/b8-7+. The third-order valence-corrected chi connectivity index (χ3v) is 3.28. The van der Waals surface area contributed by atoms with Crippen LogP contribution < -0.4 is 0 Å². The molecule has 0 saturated carbocycles. The van der Waals surface area contributed by atoms with Gasteiger partial charge in [-0.3, -0.25) is 4.79 Å². The van der Waals surface area contributed by atoms with E-state index in [2.05, 4.69) is 0 Å². The Kier molecular flexibility index (Phi) is 3.37. The smallest absolute Gasteiger partial charge is 0.198 e. The molecule has 1 aromatic heterocycles. The lowest BCUT2D eigenvalue weighted by molar-refractivity contribution is 0.104. The van der Waals surface area contributed by atoms with Crippen molar-refractivity contribution >= 4 is 27.2 Å². The van der Waals surface area contributed by atoms with Gasteiger partial charge in [0.1, 0.15) is 0 Å². The normalized spacial score (nSPS) is 11.1. The summed E-state index contributed by atoms with van der Waals surface area (Å²) < 4.78 is 6.14. The van der Waals surface area contributed by atoms with Crippen LogP contribution in [0.5, 0.6) is 0 Å². The van der Waals surface area contributed by atoms with Crippen LogP contribution in [0.1, 0.15) is 16.6 Å². The molecule has 1 heterocycles. The van der Waals surface area contributed by atoms with Crippen molar-refractivity contribution in [2.75, 3.05) is 6.61 Å². The van der Waals surface area contributed by atoms with Crippen molar-refractivity contribution in [2.45, 2.75) is 6.92 Å². The summed E-state index contributed by atoms with van der Waals surface area (Å²) in [5.74, 6) is -0.00495. The van der Waals surface area contributed by atoms with Crippen LogP contribution >= 0.6 is 11.3 Å². The van der Waals surface area contributed by atoms with Gasteiger partial charge in [-0.05, 0) is 24.4 Å². The molecule has 0 aliphatic rings. The number of carbonyl (C=O) groups is 1. The molecule has 0 N–H and O–H groups in total. The fraction of sp³-hybridized carbons (Fsp3) is 0.154. The van der Waals surface area contributed by atoms with Crippen molar-refractivity contribution in [1.82, 2.24) is 0 Å². The molecule has 0 radical (unpaired) electrons. The van der Waals surface area contributed by atoms with Crippen LogP contribution in [0, 0.1) is 0 Å². The third kappa shape index (κ3) is 2.31. The van der Waals surface area contributed by atoms with Crippen LogP contribution in [0.4, 0.5) is 0 Å². The lowest BCUT2D eigenvalue weighted by Gasteiger charge is -1.91. The van der Waals surface area contributed by atoms with Gasteiger partial charge in [-0.15, -0.1) is 11.3 Å². The van der Waals surface area contributed by atoms with Crippen molar-refractivity contribution in [2.24, 2.45) is 0 Å². The molecule has 0 amide bonds. The molecule has 3 heteroatoms. The Hall–Kier alpha value is -1.61. The molecular formula is C13H12O2S. The average molecular weight is 232 g/mol. The molecule has 2 nitrogen and oxygen atoms in total. The number of rotatable bonds is 4. The number of ketones is 1. The number of thiophene rings is 1. The Morgan fingerprint density at radius 2 is 2.25 bits per heavy atom. The molecule has 82 valence electrons. The molecule has 2 aromatic rings. The Morgan fingerprint density at radius 1 is 1.44 bits per heavy atom. The summed E-state index contributed by atoms with van der Waals surface area (Å²) in [6, 6.07) is 9.89. The summed E-state index contributed by atoms with van der Waals surface area (Å²) in [7, 11) is 0. The monoisotopic (exact) mass is 232 g/mol. The predicted octanol–water partition coefficient (Wildman–Crippen LogP) is 3.63. The molecule has 0 fully saturated rings. The molecule has 0 saturated heterocycles. The van der Waals surface area contributed by atoms with Gasteiger partial charge in [-0.2, -0.15) is 0 Å². The zero-order valence-electron chi connectivity index (χ0n) is 8.97. The SMILES string of the molecule is CCO/C=C/C(=O)c1cc2ccccc2s1. The zero-order chi connectivity index (χ0) is 11.4. The van der Waals surface area contributed by atoms with Crippen LogP contribution in [0.2, 0.25) is 0 Å². The maximum atomic E-state index is 11.7. The number of benzene rings is 1. The largest absolute Gasteiger partial charge is 0.501 e. The van der Waals surface area contributed by atoms with E-state index in [4.69, 9.17) is 4.74 Å². The van der Waals surface area contributed by atoms with E-state index in [1.54, 1.807) is 0 Å². The second-order valence-corrected chi connectivity index (χ2v) is 4.35. The molecular weight excluding hydrogens is 220 g/mol. The lowest BCUT2D eigenvalue weighted by Crippen LogP contribution is -1.89. The molecule has 0 aliphatic carbocycles. The minimum Gasteiger partial charge on any atom is -0.501 e. The molecule has 0 aliphatic heterocycles. The Balaban J connectivity index is 2.23. The first-order valence-electron chi connectivity index (χ1n) is 5.12. The van der Waals surface area contributed by atoms with Gasteiger partial charge < -0.3 is 4.74 Å². The molecule has 2 rings (SSSR count). The van der Waals surface area contributed by atoms with Crippen LogP contribution in [0.3, 0.4) is 0 Å². The maximum Gasteiger partial charge on any atom is 0.198 e. The average Bonchev–Trinajstić information content (AvgIpc) is 2.73. The first-order valence-corrected chi connectivity index (χ1v) is 5.94. The second-order valence-electron chi connectivity index (χ2n) is 3.27. The van der Waals surface area contributed by atoms with E-state index in [0.29, 0.717) is 6.61 Å². The minimum absolute atomic E-state index is 0.00495. The van der Waals surface area contributed by atoms with Gasteiger partial charge >= 0.3 is 0 Å². The van der Waals surface area contributed by atoms with Crippen molar-refractivity contribution in [1.29, 1.82) is 0 Å². The highest BCUT2D eigenvalue weighted by molar-refractivity contribution is 7.20. The Bertz CT molecular complexity index is 492. The highest BCUT2D eigenvalue weighted by Crippen LogP contribution is 2.25. The third-order valence-electron chi connectivity index (χ3n) is 2.15. The molecule has 0 atom stereocenters. The van der Waals surface area contributed by atoms with Gasteiger partial charge in [-0.1, -0.05) is 18.2 Å². The van der Waals surface area contributed by atoms with E-state index in [0.717, 1.165) is 15.0 Å². The highest BCUT2D eigenvalue weighted by Gasteiger charge is 2.06. The number of fused-ring (bicyclic) bond motifs is 1. The highest BCUT2D eigenvalue weighted by atomic mass is 32.1. The number of hydrogen-bond donors (Lipinski definition) is 0. The van der Waals surface area contributed by atoms with E-state index >= 15 is 0 Å². The zero-order valence-corrected chi connectivity index (χ0v) is 9.79. The van der Waals surface area contributed by atoms with E-state index in [-0.39, 0.29) is 5.78 Å². The predicted molar refractivity (Wildman–Crippen MR) is 66.9 cm³/mol. The van der Waals surface area contributed by atoms with E-state index in [9.17, 15) is 4.79 Å². The Labute approximate surface area is 98.2 Å². The second kappa shape index (κ2) is 4.94. The van der Waals surface area contributed by atoms with Crippen LogP contribution in [-0.2, 0) is 4.74 Å². The Morgan fingerprint density at radius 3 is 3.00 bits per heavy atom. The van der Waals surface area contributed by atoms with E-state index in [1.165, 1.54) is 23.7 Å². The minimum atomic E-state index is -0.00495. The first kappa shape index (κ1) is 10.9. The van der Waals surface area contributed by atoms with Gasteiger partial charge in [-0.25, -0.2) is 0 Å². The van der Waals surface area contributed by atoms with Crippen molar-refractivity contribution in [3.8, 4) is 0 Å². The number of ether oxygens (including phenoxy) is 1. The van der Waals surface area contributed by atoms with E-state index < -0.39 is 0 Å². The molecule has 0 bridgehead atoms. The van der Waals surface area contributed by atoms with Gasteiger partial charge in [0.2, 0.25) is 0 Å². The molecule has 16 heavy (non-hydrogen) atoms. The van der Waals surface area contributed by atoms with Gasteiger partial charge in [0.25, 0.3) is 0 Å². The molecule has 1 aromatic carbocycles. The van der Waals surface area contributed by atoms with Gasteiger partial charge in [0, 0.05) is 10.8 Å². The number of hydrogen-bond acceptors (Lipinski definition) is 3. The number of allylic oxidation sites excluding steroid dienone is 1. The summed E-state index contributed by atoms with van der Waals surface area (Å²) in [5.41, 5.74) is 0. The molecule has 0 spiro atoms. The lowest BCUT2D eigenvalue weighted by atomic mass is 10.2. The summed E-state index contributed by atoms with van der Waals surface area (Å²) in [5, 5.41) is 1.11. The summed E-state index contributed by atoms with van der Waals surface area (Å²) in [6.07, 6.45) is 2.92. The fourth-order valence-electron chi connectivity index (χ4n) is 1.39. The van der Waals surface area contributed by atoms with Crippen LogP contribution in [0.15, 0.2) is 42.7 Å². The topological polar surface area (TPSA) is 26.3 Å². The summed E-state index contributed by atoms with van der Waals surface area (Å²) in [4.78, 5) is 12.5.